The third-order valence-electron chi connectivity index (χ3n) is 2.98. The molecule has 1 saturated heterocycles. The first kappa shape index (κ1) is 13.0. The van der Waals surface area contributed by atoms with Gasteiger partial charge >= 0.3 is 6.18 Å². The van der Waals surface area contributed by atoms with Crippen molar-refractivity contribution in [3.8, 4) is 5.75 Å². The Morgan fingerprint density at radius 1 is 1.39 bits per heavy atom. The van der Waals surface area contributed by atoms with Gasteiger partial charge in [0.05, 0.1) is 11.3 Å². The first-order valence-corrected chi connectivity index (χ1v) is 5.68. The molecule has 1 aliphatic rings. The summed E-state index contributed by atoms with van der Waals surface area (Å²) in [5.41, 5.74) is 4.87. The first-order chi connectivity index (χ1) is 8.36. The zero-order valence-corrected chi connectivity index (χ0v) is 10.00. The molecule has 0 amide bonds. The quantitative estimate of drug-likeness (QED) is 0.830. The van der Waals surface area contributed by atoms with Crippen LogP contribution < -0.4 is 10.5 Å². The molecule has 2 N–H and O–H groups in total. The van der Waals surface area contributed by atoms with Gasteiger partial charge in [0, 0.05) is 13.1 Å². The molecule has 0 bridgehead atoms. The average Bonchev–Trinajstić information content (AvgIpc) is 2.65. The van der Waals surface area contributed by atoms with Crippen LogP contribution >= 0.6 is 0 Å². The minimum Gasteiger partial charge on any atom is -0.487 e. The second-order valence-electron chi connectivity index (χ2n) is 4.54. The molecule has 0 unspecified atom stereocenters. The van der Waals surface area contributed by atoms with E-state index >= 15 is 0 Å². The third kappa shape index (κ3) is 2.87. The van der Waals surface area contributed by atoms with Gasteiger partial charge in [-0.25, -0.2) is 0 Å². The number of nitrogens with zero attached hydrogens (tertiary/aromatic N) is 1. The van der Waals surface area contributed by atoms with Crippen LogP contribution in [0.25, 0.3) is 0 Å². The topological polar surface area (TPSA) is 38.5 Å². The van der Waals surface area contributed by atoms with E-state index in [2.05, 4.69) is 4.90 Å². The van der Waals surface area contributed by atoms with Crippen LogP contribution in [0.1, 0.15) is 12.0 Å². The van der Waals surface area contributed by atoms with Gasteiger partial charge in [-0.1, -0.05) is 0 Å². The molecule has 100 valence electrons. The number of benzene rings is 1. The summed E-state index contributed by atoms with van der Waals surface area (Å²) < 4.78 is 43.0. The molecule has 0 radical (unpaired) electrons. The van der Waals surface area contributed by atoms with Gasteiger partial charge in [-0.05, 0) is 31.7 Å². The number of alkyl halides is 3. The lowest BCUT2D eigenvalue weighted by molar-refractivity contribution is -0.137. The summed E-state index contributed by atoms with van der Waals surface area (Å²) >= 11 is 0. The summed E-state index contributed by atoms with van der Waals surface area (Å²) in [5, 5.41) is 0. The summed E-state index contributed by atoms with van der Waals surface area (Å²) in [4.78, 5) is 2.10. The average molecular weight is 260 g/mol. The highest BCUT2D eigenvalue weighted by atomic mass is 19.4. The number of ether oxygens (including phenoxy) is 1. The molecule has 1 fully saturated rings. The van der Waals surface area contributed by atoms with Gasteiger partial charge < -0.3 is 15.4 Å². The molecule has 2 rings (SSSR count). The molecule has 3 nitrogen and oxygen atoms in total. The van der Waals surface area contributed by atoms with Gasteiger partial charge in [0.2, 0.25) is 0 Å². The molecular formula is C12H15F3N2O. The molecule has 1 atom stereocenters. The highest BCUT2D eigenvalue weighted by molar-refractivity contribution is 5.54. The van der Waals surface area contributed by atoms with E-state index in [0.717, 1.165) is 31.6 Å². The van der Waals surface area contributed by atoms with Crippen molar-refractivity contribution in [3.05, 3.63) is 23.8 Å². The summed E-state index contributed by atoms with van der Waals surface area (Å²) in [6.45, 7) is 1.69. The predicted octanol–water partition coefficient (Wildman–Crippen LogP) is 2.37. The number of likely N-dealkylation sites (tertiary alicyclic amines) is 1. The van der Waals surface area contributed by atoms with Crippen LogP contribution in [0.4, 0.5) is 18.9 Å². The lowest BCUT2D eigenvalue weighted by atomic mass is 10.2. The Kier molecular flexibility index (Phi) is 3.38. The smallest absolute Gasteiger partial charge is 0.416 e. The fraction of sp³-hybridized carbons (Fsp3) is 0.500. The lowest BCUT2D eigenvalue weighted by Gasteiger charge is -2.16. The van der Waals surface area contributed by atoms with Crippen molar-refractivity contribution in [3.63, 3.8) is 0 Å². The first-order valence-electron chi connectivity index (χ1n) is 5.68. The van der Waals surface area contributed by atoms with Crippen molar-refractivity contribution in [2.24, 2.45) is 0 Å². The van der Waals surface area contributed by atoms with E-state index in [0.29, 0.717) is 5.75 Å². The molecule has 18 heavy (non-hydrogen) atoms. The number of rotatable bonds is 2. The molecule has 0 aromatic heterocycles. The number of hydrogen-bond acceptors (Lipinski definition) is 3. The number of hydrogen-bond donors (Lipinski definition) is 1. The van der Waals surface area contributed by atoms with E-state index in [9.17, 15) is 13.2 Å². The second kappa shape index (κ2) is 4.68. The minimum absolute atomic E-state index is 0.00552. The Morgan fingerprint density at radius 3 is 2.61 bits per heavy atom. The van der Waals surface area contributed by atoms with Gasteiger partial charge in [0.25, 0.3) is 0 Å². The molecule has 1 aromatic carbocycles. The van der Waals surface area contributed by atoms with Crippen LogP contribution in [0, 0.1) is 0 Å². The van der Waals surface area contributed by atoms with Gasteiger partial charge in [-0.15, -0.1) is 0 Å². The lowest BCUT2D eigenvalue weighted by Crippen LogP contribution is -2.22. The third-order valence-corrected chi connectivity index (χ3v) is 2.98. The Labute approximate surface area is 103 Å². The van der Waals surface area contributed by atoms with Crippen molar-refractivity contribution in [2.45, 2.75) is 18.7 Å². The summed E-state index contributed by atoms with van der Waals surface area (Å²) in [6, 6.07) is 3.19. The zero-order valence-electron chi connectivity index (χ0n) is 10.00. The van der Waals surface area contributed by atoms with Crippen molar-refractivity contribution >= 4 is 5.69 Å². The Bertz CT molecular complexity index is 434. The largest absolute Gasteiger partial charge is 0.487 e. The molecule has 6 heteroatoms. The second-order valence-corrected chi connectivity index (χ2v) is 4.54. The van der Waals surface area contributed by atoms with Crippen LogP contribution in [0.15, 0.2) is 18.2 Å². The van der Waals surface area contributed by atoms with Crippen LogP contribution in [0.2, 0.25) is 0 Å². The van der Waals surface area contributed by atoms with Crippen LogP contribution in [0.5, 0.6) is 5.75 Å². The van der Waals surface area contributed by atoms with E-state index in [1.54, 1.807) is 0 Å². The van der Waals surface area contributed by atoms with Gasteiger partial charge in [0.1, 0.15) is 11.9 Å². The number of nitrogen functional groups attached to an aromatic ring is 1. The van der Waals surface area contributed by atoms with Crippen LogP contribution in [-0.2, 0) is 6.18 Å². The number of nitrogens with two attached hydrogens (primary N) is 1. The molecule has 0 spiro atoms. The van der Waals surface area contributed by atoms with E-state index in [1.165, 1.54) is 6.07 Å². The van der Waals surface area contributed by atoms with E-state index < -0.39 is 11.7 Å². The molecule has 1 heterocycles. The van der Waals surface area contributed by atoms with Gasteiger partial charge in [0.15, 0.2) is 0 Å². The molecule has 1 aliphatic heterocycles. The maximum atomic E-state index is 12.5. The predicted molar refractivity (Wildman–Crippen MR) is 62.4 cm³/mol. The van der Waals surface area contributed by atoms with Crippen molar-refractivity contribution in [1.82, 2.24) is 4.90 Å². The van der Waals surface area contributed by atoms with Gasteiger partial charge in [-0.2, -0.15) is 13.2 Å². The highest BCUT2D eigenvalue weighted by Crippen LogP contribution is 2.34. The van der Waals surface area contributed by atoms with E-state index in [4.69, 9.17) is 10.5 Å². The SMILES string of the molecule is CN1CC[C@@H](Oc2ccc(C(F)(F)F)cc2N)C1. The van der Waals surface area contributed by atoms with E-state index in [1.807, 2.05) is 7.05 Å². The highest BCUT2D eigenvalue weighted by Gasteiger charge is 2.31. The zero-order chi connectivity index (χ0) is 13.3. The molecular weight excluding hydrogens is 245 g/mol. The Morgan fingerprint density at radius 2 is 2.11 bits per heavy atom. The number of likely N-dealkylation sites (N-methyl/N-ethyl adjacent to an activating group) is 1. The Balaban J connectivity index is 2.10. The molecule has 1 aromatic rings. The van der Waals surface area contributed by atoms with Crippen molar-refractivity contribution in [1.29, 1.82) is 0 Å². The van der Waals surface area contributed by atoms with Crippen molar-refractivity contribution in [2.75, 3.05) is 25.9 Å². The molecule has 0 saturated carbocycles. The van der Waals surface area contributed by atoms with Crippen LogP contribution in [-0.4, -0.2) is 31.1 Å². The number of anilines is 1. The monoisotopic (exact) mass is 260 g/mol. The normalized spacial score (nSPS) is 21.2. The maximum Gasteiger partial charge on any atom is 0.416 e. The summed E-state index contributed by atoms with van der Waals surface area (Å²) in [7, 11) is 1.97. The summed E-state index contributed by atoms with van der Waals surface area (Å²) in [5.74, 6) is 0.323. The molecule has 0 aliphatic carbocycles. The van der Waals surface area contributed by atoms with Gasteiger partial charge in [-0.3, -0.25) is 0 Å². The maximum absolute atomic E-state index is 12.5. The van der Waals surface area contributed by atoms with Crippen LogP contribution in [0.3, 0.4) is 0 Å². The Hall–Kier alpha value is -1.43. The van der Waals surface area contributed by atoms with Crippen molar-refractivity contribution < 1.29 is 17.9 Å². The summed E-state index contributed by atoms with van der Waals surface area (Å²) in [6.07, 6.45) is -3.52. The fourth-order valence-electron chi connectivity index (χ4n) is 2.00. The standard InChI is InChI=1S/C12H15F3N2O/c1-17-5-4-9(7-17)18-11-3-2-8(6-10(11)16)12(13,14)15/h2-3,6,9H,4-5,7,16H2,1H3/t9-/m1/s1. The minimum atomic E-state index is -4.37. The number of halogens is 3. The van der Waals surface area contributed by atoms with E-state index in [-0.39, 0.29) is 11.8 Å². The fourth-order valence-corrected chi connectivity index (χ4v) is 2.00.